The number of aryl methyl sites for hydroxylation is 1. The monoisotopic (exact) mass is 313 g/mol. The Morgan fingerprint density at radius 1 is 1.26 bits per heavy atom. The van der Waals surface area contributed by atoms with Crippen molar-refractivity contribution < 1.29 is 4.42 Å². The fourth-order valence-electron chi connectivity index (χ4n) is 4.11. The Kier molecular flexibility index (Phi) is 4.36. The molecule has 0 saturated carbocycles. The summed E-state index contributed by atoms with van der Waals surface area (Å²) in [7, 11) is 2.22. The summed E-state index contributed by atoms with van der Waals surface area (Å²) in [4.78, 5) is 9.34. The zero-order valence-corrected chi connectivity index (χ0v) is 14.1. The summed E-state index contributed by atoms with van der Waals surface area (Å²) < 4.78 is 6.00. The van der Waals surface area contributed by atoms with Crippen LogP contribution >= 0.6 is 0 Å². The summed E-state index contributed by atoms with van der Waals surface area (Å²) >= 11 is 0. The van der Waals surface area contributed by atoms with Gasteiger partial charge in [0.2, 0.25) is 0 Å². The maximum Gasteiger partial charge on any atom is 0.137 e. The molecule has 1 aliphatic carbocycles. The van der Waals surface area contributed by atoms with Crippen molar-refractivity contribution in [1.82, 2.24) is 14.8 Å². The standard InChI is InChI=1S/C19H27N3O/c1-21-9-11-22(12-10-21)8-2-3-15-4-5-18-16(13-15)17-14-20-7-6-19(17)23-18/h6-7,14-15H,2-5,8-13H2,1H3/t15-/m0/s1. The van der Waals surface area contributed by atoms with E-state index >= 15 is 0 Å². The van der Waals surface area contributed by atoms with Crippen LogP contribution in [0.4, 0.5) is 0 Å². The van der Waals surface area contributed by atoms with Gasteiger partial charge in [0.15, 0.2) is 0 Å². The third kappa shape index (κ3) is 3.29. The largest absolute Gasteiger partial charge is 0.461 e. The van der Waals surface area contributed by atoms with Gasteiger partial charge in [0, 0.05) is 55.9 Å². The van der Waals surface area contributed by atoms with E-state index in [1.165, 1.54) is 75.1 Å². The highest BCUT2D eigenvalue weighted by molar-refractivity contribution is 5.81. The van der Waals surface area contributed by atoms with Crippen molar-refractivity contribution in [2.24, 2.45) is 5.92 Å². The van der Waals surface area contributed by atoms with Crippen LogP contribution < -0.4 is 0 Å². The van der Waals surface area contributed by atoms with Gasteiger partial charge < -0.3 is 14.2 Å². The number of pyridine rings is 1. The summed E-state index contributed by atoms with van der Waals surface area (Å²) in [5, 5.41) is 1.24. The van der Waals surface area contributed by atoms with Gasteiger partial charge in [0.05, 0.1) is 0 Å². The molecule has 0 unspecified atom stereocenters. The maximum absolute atomic E-state index is 6.00. The van der Waals surface area contributed by atoms with Gasteiger partial charge in [-0.05, 0) is 51.3 Å². The zero-order chi connectivity index (χ0) is 15.6. The van der Waals surface area contributed by atoms with Gasteiger partial charge in [-0.25, -0.2) is 0 Å². The average molecular weight is 313 g/mol. The van der Waals surface area contributed by atoms with Crippen LogP contribution in [0.1, 0.15) is 30.6 Å². The first-order chi connectivity index (χ1) is 11.3. The zero-order valence-electron chi connectivity index (χ0n) is 14.1. The smallest absolute Gasteiger partial charge is 0.137 e. The summed E-state index contributed by atoms with van der Waals surface area (Å²) in [6, 6.07) is 2.00. The average Bonchev–Trinajstić information content (AvgIpc) is 2.95. The molecule has 4 rings (SSSR count). The molecular weight excluding hydrogens is 286 g/mol. The number of aromatic nitrogens is 1. The number of fused-ring (bicyclic) bond motifs is 3. The summed E-state index contributed by atoms with van der Waals surface area (Å²) in [6.07, 6.45) is 10.0. The Hall–Kier alpha value is -1.39. The molecule has 3 heterocycles. The Labute approximate surface area is 138 Å². The normalized spacial score (nSPS) is 23.3. The van der Waals surface area contributed by atoms with Gasteiger partial charge in [-0.1, -0.05) is 0 Å². The van der Waals surface area contributed by atoms with Crippen LogP contribution in [-0.4, -0.2) is 54.6 Å². The van der Waals surface area contributed by atoms with Gasteiger partial charge in [-0.15, -0.1) is 0 Å². The second-order valence-corrected chi connectivity index (χ2v) is 7.27. The number of rotatable bonds is 4. The van der Waals surface area contributed by atoms with Crippen LogP contribution in [0.3, 0.4) is 0 Å². The fourth-order valence-corrected chi connectivity index (χ4v) is 4.11. The van der Waals surface area contributed by atoms with Crippen LogP contribution in [0.2, 0.25) is 0 Å². The van der Waals surface area contributed by atoms with E-state index in [2.05, 4.69) is 21.8 Å². The molecule has 0 radical (unpaired) electrons. The Morgan fingerprint density at radius 3 is 3.00 bits per heavy atom. The van der Waals surface area contributed by atoms with Gasteiger partial charge >= 0.3 is 0 Å². The number of furan rings is 1. The van der Waals surface area contributed by atoms with Gasteiger partial charge in [-0.2, -0.15) is 0 Å². The summed E-state index contributed by atoms with van der Waals surface area (Å²) in [6.45, 7) is 6.19. The van der Waals surface area contributed by atoms with Crippen LogP contribution in [0.15, 0.2) is 22.9 Å². The number of piperazine rings is 1. The molecule has 0 amide bonds. The van der Waals surface area contributed by atoms with Crippen molar-refractivity contribution in [3.8, 4) is 0 Å². The van der Waals surface area contributed by atoms with E-state index in [0.717, 1.165) is 17.9 Å². The molecule has 0 bridgehead atoms. The molecule has 0 aromatic carbocycles. The van der Waals surface area contributed by atoms with Crippen LogP contribution in [0.25, 0.3) is 11.0 Å². The first kappa shape index (κ1) is 15.2. The Balaban J connectivity index is 1.32. The first-order valence-corrected chi connectivity index (χ1v) is 9.05. The fraction of sp³-hybridized carbons (Fsp3) is 0.632. The SMILES string of the molecule is CN1CCN(CCC[C@H]2CCc3oc4ccncc4c3C2)CC1. The van der Waals surface area contributed by atoms with Crippen molar-refractivity contribution in [3.05, 3.63) is 29.8 Å². The molecule has 23 heavy (non-hydrogen) atoms. The molecule has 1 saturated heterocycles. The van der Waals surface area contributed by atoms with Gasteiger partial charge in [0.25, 0.3) is 0 Å². The molecular formula is C19H27N3O. The van der Waals surface area contributed by atoms with E-state index in [9.17, 15) is 0 Å². The highest BCUT2D eigenvalue weighted by atomic mass is 16.3. The van der Waals surface area contributed by atoms with E-state index in [4.69, 9.17) is 4.42 Å². The van der Waals surface area contributed by atoms with E-state index in [1.807, 2.05) is 18.5 Å². The first-order valence-electron chi connectivity index (χ1n) is 9.05. The minimum absolute atomic E-state index is 0.816. The number of hydrogen-bond acceptors (Lipinski definition) is 4. The Bertz CT molecular complexity index is 658. The van der Waals surface area contributed by atoms with Gasteiger partial charge in [0.1, 0.15) is 11.3 Å². The second-order valence-electron chi connectivity index (χ2n) is 7.27. The molecule has 1 atom stereocenters. The lowest BCUT2D eigenvalue weighted by atomic mass is 9.84. The summed E-state index contributed by atoms with van der Waals surface area (Å²) in [5.74, 6) is 2.03. The number of hydrogen-bond donors (Lipinski definition) is 0. The van der Waals surface area contributed by atoms with E-state index in [-0.39, 0.29) is 0 Å². The summed E-state index contributed by atoms with van der Waals surface area (Å²) in [5.41, 5.74) is 2.45. The van der Waals surface area contributed by atoms with E-state index in [0.29, 0.717) is 0 Å². The van der Waals surface area contributed by atoms with Crippen LogP contribution in [-0.2, 0) is 12.8 Å². The molecule has 1 fully saturated rings. The molecule has 2 aromatic rings. The van der Waals surface area contributed by atoms with Crippen molar-refractivity contribution in [2.75, 3.05) is 39.8 Å². The molecule has 0 spiro atoms. The molecule has 4 heteroatoms. The maximum atomic E-state index is 6.00. The predicted molar refractivity (Wildman–Crippen MR) is 92.7 cm³/mol. The highest BCUT2D eigenvalue weighted by Gasteiger charge is 2.24. The van der Waals surface area contributed by atoms with E-state index < -0.39 is 0 Å². The van der Waals surface area contributed by atoms with Crippen molar-refractivity contribution in [3.63, 3.8) is 0 Å². The molecule has 124 valence electrons. The third-order valence-electron chi connectivity index (χ3n) is 5.63. The van der Waals surface area contributed by atoms with Crippen LogP contribution in [0.5, 0.6) is 0 Å². The molecule has 4 nitrogen and oxygen atoms in total. The molecule has 0 N–H and O–H groups in total. The van der Waals surface area contributed by atoms with Gasteiger partial charge in [-0.3, -0.25) is 4.98 Å². The lowest BCUT2D eigenvalue weighted by Gasteiger charge is -2.32. The Morgan fingerprint density at radius 2 is 2.13 bits per heavy atom. The highest BCUT2D eigenvalue weighted by Crippen LogP contribution is 2.35. The van der Waals surface area contributed by atoms with Crippen molar-refractivity contribution in [2.45, 2.75) is 32.1 Å². The molecule has 2 aromatic heterocycles. The molecule has 1 aliphatic heterocycles. The topological polar surface area (TPSA) is 32.5 Å². The lowest BCUT2D eigenvalue weighted by molar-refractivity contribution is 0.149. The predicted octanol–water partition coefficient (Wildman–Crippen LogP) is 2.96. The van der Waals surface area contributed by atoms with Crippen molar-refractivity contribution >= 4 is 11.0 Å². The van der Waals surface area contributed by atoms with E-state index in [1.54, 1.807) is 0 Å². The third-order valence-corrected chi connectivity index (χ3v) is 5.63. The second kappa shape index (κ2) is 6.62. The minimum atomic E-state index is 0.816. The number of nitrogens with zero attached hydrogens (tertiary/aromatic N) is 3. The minimum Gasteiger partial charge on any atom is -0.461 e. The lowest BCUT2D eigenvalue weighted by Crippen LogP contribution is -2.44. The quantitative estimate of drug-likeness (QED) is 0.869. The molecule has 2 aliphatic rings. The van der Waals surface area contributed by atoms with Crippen LogP contribution in [0, 0.1) is 5.92 Å². The van der Waals surface area contributed by atoms with Crippen molar-refractivity contribution in [1.29, 1.82) is 0 Å². The number of likely N-dealkylation sites (N-methyl/N-ethyl adjacent to an activating group) is 1.